The van der Waals surface area contributed by atoms with E-state index >= 15 is 0 Å². The minimum absolute atomic E-state index is 0.640. The quantitative estimate of drug-likeness (QED) is 0.885. The molecular formula is C18H25N3O2. The first-order valence-electron chi connectivity index (χ1n) is 8.18. The molecule has 0 bridgehead atoms. The Bertz CT molecular complexity index is 606. The van der Waals surface area contributed by atoms with Crippen LogP contribution < -0.4 is 0 Å². The predicted molar refractivity (Wildman–Crippen MR) is 88.8 cm³/mol. The molecule has 1 aromatic heterocycles. The Morgan fingerprint density at radius 1 is 1.17 bits per heavy atom. The number of ether oxygens (including phenoxy) is 1. The van der Waals surface area contributed by atoms with Crippen LogP contribution in [0, 0.1) is 0 Å². The number of hydrogen-bond donors (Lipinski definition) is 1. The van der Waals surface area contributed by atoms with E-state index in [4.69, 9.17) is 4.74 Å². The zero-order chi connectivity index (χ0) is 16.1. The molecule has 0 saturated carbocycles. The molecule has 5 heteroatoms. The van der Waals surface area contributed by atoms with E-state index in [1.54, 1.807) is 0 Å². The van der Waals surface area contributed by atoms with Gasteiger partial charge in [0.25, 0.3) is 0 Å². The zero-order valence-electron chi connectivity index (χ0n) is 13.7. The highest BCUT2D eigenvalue weighted by Crippen LogP contribution is 2.23. The van der Waals surface area contributed by atoms with Crippen LogP contribution >= 0.6 is 0 Å². The first-order valence-corrected chi connectivity index (χ1v) is 8.18. The molecule has 2 heterocycles. The highest BCUT2D eigenvalue weighted by atomic mass is 16.5. The van der Waals surface area contributed by atoms with Gasteiger partial charge in [0.1, 0.15) is 0 Å². The van der Waals surface area contributed by atoms with Crippen molar-refractivity contribution in [1.82, 2.24) is 14.7 Å². The summed E-state index contributed by atoms with van der Waals surface area (Å²) in [5.41, 5.74) is 1.74. The largest absolute Gasteiger partial charge is 0.388 e. The molecule has 124 valence electrons. The zero-order valence-corrected chi connectivity index (χ0v) is 13.7. The van der Waals surface area contributed by atoms with Gasteiger partial charge < -0.3 is 9.84 Å². The van der Waals surface area contributed by atoms with Crippen molar-refractivity contribution in [2.75, 3.05) is 19.8 Å². The van der Waals surface area contributed by atoms with Crippen molar-refractivity contribution in [3.63, 3.8) is 0 Å². The van der Waals surface area contributed by atoms with Gasteiger partial charge in [-0.3, -0.25) is 9.58 Å². The molecule has 0 atom stereocenters. The van der Waals surface area contributed by atoms with Crippen LogP contribution in [0.1, 0.15) is 24.1 Å². The minimum atomic E-state index is -0.661. The number of hydrogen-bond acceptors (Lipinski definition) is 4. The third-order valence-electron chi connectivity index (χ3n) is 4.50. The van der Waals surface area contributed by atoms with Crippen LogP contribution in [0.25, 0.3) is 0 Å². The maximum absolute atomic E-state index is 10.9. The lowest BCUT2D eigenvalue weighted by molar-refractivity contribution is -0.0823. The second-order valence-corrected chi connectivity index (χ2v) is 6.41. The van der Waals surface area contributed by atoms with E-state index < -0.39 is 5.60 Å². The van der Waals surface area contributed by atoms with Crippen LogP contribution in [0.2, 0.25) is 0 Å². The van der Waals surface area contributed by atoms with Crippen molar-refractivity contribution in [1.29, 1.82) is 0 Å². The fourth-order valence-corrected chi connectivity index (χ4v) is 3.12. The predicted octanol–water partition coefficient (Wildman–Crippen LogP) is 1.96. The van der Waals surface area contributed by atoms with Crippen molar-refractivity contribution in [2.45, 2.75) is 31.5 Å². The van der Waals surface area contributed by atoms with Crippen LogP contribution in [0.3, 0.4) is 0 Å². The fraction of sp³-hybridized carbons (Fsp3) is 0.500. The number of aromatic nitrogens is 2. The molecule has 1 aliphatic rings. The lowest BCUT2D eigenvalue weighted by Gasteiger charge is -2.37. The first kappa shape index (κ1) is 16.2. The maximum Gasteiger partial charge on any atom is 0.0818 e. The number of nitrogens with zero attached hydrogens (tertiary/aromatic N) is 3. The third-order valence-corrected chi connectivity index (χ3v) is 4.50. The second-order valence-electron chi connectivity index (χ2n) is 6.41. The molecule has 5 nitrogen and oxygen atoms in total. The standard InChI is InChI=1S/C18H25N3O2/c1-20-17(7-10-19-20)14-21(13-16-5-3-2-4-6-16)15-18(22)8-11-23-12-9-18/h2-7,10,22H,8-9,11-15H2,1H3. The minimum Gasteiger partial charge on any atom is -0.388 e. The number of benzene rings is 1. The van der Waals surface area contributed by atoms with Crippen LogP contribution in [-0.4, -0.2) is 45.1 Å². The van der Waals surface area contributed by atoms with E-state index in [0.29, 0.717) is 32.6 Å². The normalized spacial score (nSPS) is 17.5. The third kappa shape index (κ3) is 4.41. The van der Waals surface area contributed by atoms with Gasteiger partial charge in [0, 0.05) is 58.9 Å². The Hall–Kier alpha value is -1.69. The Morgan fingerprint density at radius 3 is 2.57 bits per heavy atom. The van der Waals surface area contributed by atoms with Crippen molar-refractivity contribution in [3.05, 3.63) is 53.9 Å². The molecule has 0 unspecified atom stereocenters. The smallest absolute Gasteiger partial charge is 0.0818 e. The van der Waals surface area contributed by atoms with Crippen LogP contribution in [0.4, 0.5) is 0 Å². The van der Waals surface area contributed by atoms with Crippen molar-refractivity contribution < 1.29 is 9.84 Å². The van der Waals surface area contributed by atoms with Crippen molar-refractivity contribution in [2.24, 2.45) is 7.05 Å². The van der Waals surface area contributed by atoms with E-state index in [1.807, 2.05) is 30.1 Å². The van der Waals surface area contributed by atoms with Gasteiger partial charge in [-0.25, -0.2) is 0 Å². The summed E-state index contributed by atoms with van der Waals surface area (Å²) >= 11 is 0. The number of aryl methyl sites for hydroxylation is 1. The Morgan fingerprint density at radius 2 is 1.91 bits per heavy atom. The van der Waals surface area contributed by atoms with Gasteiger partial charge in [0.05, 0.1) is 11.3 Å². The summed E-state index contributed by atoms with van der Waals surface area (Å²) in [6.45, 7) is 3.52. The summed E-state index contributed by atoms with van der Waals surface area (Å²) < 4.78 is 7.29. The lowest BCUT2D eigenvalue weighted by atomic mass is 9.93. The molecule has 0 amide bonds. The van der Waals surface area contributed by atoms with Crippen LogP contribution in [0.5, 0.6) is 0 Å². The summed E-state index contributed by atoms with van der Waals surface area (Å²) in [4.78, 5) is 2.30. The van der Waals surface area contributed by atoms with E-state index in [-0.39, 0.29) is 0 Å². The molecule has 0 radical (unpaired) electrons. The topological polar surface area (TPSA) is 50.5 Å². The molecular weight excluding hydrogens is 290 g/mol. The van der Waals surface area contributed by atoms with Gasteiger partial charge in [-0.05, 0) is 11.6 Å². The summed E-state index contributed by atoms with van der Waals surface area (Å²) in [5, 5.41) is 15.1. The second kappa shape index (κ2) is 7.25. The SMILES string of the molecule is Cn1nccc1CN(Cc1ccccc1)CC1(O)CCOCC1. The molecule has 23 heavy (non-hydrogen) atoms. The molecule has 0 aliphatic carbocycles. The van der Waals surface area contributed by atoms with E-state index in [0.717, 1.165) is 18.8 Å². The summed E-state index contributed by atoms with van der Waals surface area (Å²) in [6.07, 6.45) is 3.21. The van der Waals surface area contributed by atoms with Gasteiger partial charge in [-0.1, -0.05) is 30.3 Å². The van der Waals surface area contributed by atoms with E-state index in [2.05, 4.69) is 34.3 Å². The molecule has 1 N–H and O–H groups in total. The maximum atomic E-state index is 10.9. The van der Waals surface area contributed by atoms with Gasteiger partial charge in [0.15, 0.2) is 0 Å². The first-order chi connectivity index (χ1) is 11.1. The molecule has 0 spiro atoms. The van der Waals surface area contributed by atoms with Crippen molar-refractivity contribution in [3.8, 4) is 0 Å². The van der Waals surface area contributed by atoms with Crippen LogP contribution in [0.15, 0.2) is 42.6 Å². The molecule has 1 fully saturated rings. The van der Waals surface area contributed by atoms with Gasteiger partial charge in [-0.2, -0.15) is 5.10 Å². The Kier molecular flexibility index (Phi) is 5.10. The molecule has 1 saturated heterocycles. The van der Waals surface area contributed by atoms with Gasteiger partial charge in [-0.15, -0.1) is 0 Å². The summed E-state index contributed by atoms with van der Waals surface area (Å²) in [7, 11) is 1.96. The number of aliphatic hydroxyl groups is 1. The molecule has 1 aromatic carbocycles. The Labute approximate surface area is 137 Å². The lowest BCUT2D eigenvalue weighted by Crippen LogP contribution is -2.46. The average molecular weight is 315 g/mol. The van der Waals surface area contributed by atoms with Crippen molar-refractivity contribution >= 4 is 0 Å². The van der Waals surface area contributed by atoms with Gasteiger partial charge >= 0.3 is 0 Å². The highest BCUT2D eigenvalue weighted by molar-refractivity contribution is 5.15. The average Bonchev–Trinajstić information content (AvgIpc) is 2.94. The highest BCUT2D eigenvalue weighted by Gasteiger charge is 2.32. The summed E-state index contributed by atoms with van der Waals surface area (Å²) in [6, 6.07) is 12.4. The fourth-order valence-electron chi connectivity index (χ4n) is 3.12. The van der Waals surface area contributed by atoms with E-state index in [9.17, 15) is 5.11 Å². The number of rotatable bonds is 6. The van der Waals surface area contributed by atoms with E-state index in [1.165, 1.54) is 5.56 Å². The van der Waals surface area contributed by atoms with Crippen LogP contribution in [-0.2, 0) is 24.9 Å². The summed E-state index contributed by atoms with van der Waals surface area (Å²) in [5.74, 6) is 0. The Balaban J connectivity index is 1.73. The molecule has 3 rings (SSSR count). The monoisotopic (exact) mass is 315 g/mol. The molecule has 2 aromatic rings. The molecule has 1 aliphatic heterocycles. The van der Waals surface area contributed by atoms with Gasteiger partial charge in [0.2, 0.25) is 0 Å².